The van der Waals surface area contributed by atoms with E-state index in [0.29, 0.717) is 0 Å². The van der Waals surface area contributed by atoms with Crippen LogP contribution in [0.3, 0.4) is 0 Å². The van der Waals surface area contributed by atoms with Gasteiger partial charge in [-0.2, -0.15) is 0 Å². The molecule has 0 aromatic heterocycles. The van der Waals surface area contributed by atoms with Crippen LogP contribution in [-0.2, 0) is 19.3 Å². The fraction of sp³-hybridized carbons (Fsp3) is 0.444. The van der Waals surface area contributed by atoms with Crippen LogP contribution in [0.15, 0.2) is 79.4 Å². The molecule has 0 atom stereocenters. The second-order valence-electron chi connectivity index (χ2n) is 10.3. The van der Waals surface area contributed by atoms with Crippen molar-refractivity contribution in [2.45, 2.75) is 90.4 Å². The predicted molar refractivity (Wildman–Crippen MR) is 163 cm³/mol. The molecule has 38 heavy (non-hydrogen) atoms. The molecule has 0 aliphatic carbocycles. The van der Waals surface area contributed by atoms with E-state index in [4.69, 9.17) is 9.47 Å². The maximum Gasteiger partial charge on any atom is 0.119 e. The van der Waals surface area contributed by atoms with E-state index in [0.717, 1.165) is 50.4 Å². The molecule has 0 N–H and O–H groups in total. The first-order valence-electron chi connectivity index (χ1n) is 14.9. The summed E-state index contributed by atoms with van der Waals surface area (Å²) in [4.78, 5) is 0. The molecule has 3 aromatic rings. The highest BCUT2D eigenvalue weighted by Crippen LogP contribution is 2.19. The average Bonchev–Trinajstić information content (AvgIpc) is 2.97. The number of benzene rings is 3. The summed E-state index contributed by atoms with van der Waals surface area (Å²) in [6.07, 6.45) is 17.7. The van der Waals surface area contributed by atoms with E-state index in [2.05, 4.69) is 62.0 Å². The van der Waals surface area contributed by atoms with E-state index in [1.807, 2.05) is 30.3 Å². The van der Waals surface area contributed by atoms with Gasteiger partial charge in [-0.1, -0.05) is 107 Å². The van der Waals surface area contributed by atoms with Gasteiger partial charge in [0.15, 0.2) is 0 Å². The molecule has 0 aliphatic heterocycles. The van der Waals surface area contributed by atoms with Crippen LogP contribution >= 0.6 is 0 Å². The fourth-order valence-corrected chi connectivity index (χ4v) is 4.70. The van der Waals surface area contributed by atoms with Crippen molar-refractivity contribution in [2.24, 2.45) is 0 Å². The van der Waals surface area contributed by atoms with Gasteiger partial charge in [-0.25, -0.2) is 0 Å². The smallest absolute Gasteiger partial charge is 0.119 e. The van der Waals surface area contributed by atoms with E-state index in [1.54, 1.807) is 0 Å². The Hall–Kier alpha value is -3.00. The first-order chi connectivity index (χ1) is 18.8. The molecule has 2 nitrogen and oxygen atoms in total. The van der Waals surface area contributed by atoms with E-state index in [9.17, 15) is 0 Å². The van der Waals surface area contributed by atoms with Gasteiger partial charge >= 0.3 is 0 Å². The molecule has 0 unspecified atom stereocenters. The molecule has 0 heterocycles. The normalized spacial score (nSPS) is 10.9. The standard InChI is InChI=1S/C36H48O2/c1-3-31-17-21-33(22-18-31)15-11-7-5-9-13-29-37-35-25-27-36(28-26-35)38-30-14-10-6-8-12-16-34-23-19-32(4-2)20-24-34/h3,17-28H,1,4-16,29-30H2,2H3. The maximum atomic E-state index is 5.92. The van der Waals surface area contributed by atoms with Gasteiger partial charge in [0.25, 0.3) is 0 Å². The van der Waals surface area contributed by atoms with Crippen LogP contribution in [0.2, 0.25) is 0 Å². The van der Waals surface area contributed by atoms with Crippen LogP contribution in [0.25, 0.3) is 6.08 Å². The van der Waals surface area contributed by atoms with Crippen molar-refractivity contribution in [3.05, 3.63) is 102 Å². The summed E-state index contributed by atoms with van der Waals surface area (Å²) in [5.74, 6) is 1.87. The van der Waals surface area contributed by atoms with E-state index < -0.39 is 0 Å². The summed E-state index contributed by atoms with van der Waals surface area (Å²) < 4.78 is 11.8. The van der Waals surface area contributed by atoms with Gasteiger partial charge in [-0.05, 0) is 91.5 Å². The quantitative estimate of drug-likeness (QED) is 0.140. The van der Waals surface area contributed by atoms with Crippen molar-refractivity contribution in [1.29, 1.82) is 0 Å². The van der Waals surface area contributed by atoms with Crippen molar-refractivity contribution >= 4 is 6.08 Å². The monoisotopic (exact) mass is 512 g/mol. The van der Waals surface area contributed by atoms with Crippen LogP contribution in [0.5, 0.6) is 11.5 Å². The molecule has 0 saturated carbocycles. The minimum atomic E-state index is 0.785. The van der Waals surface area contributed by atoms with Gasteiger partial charge in [0.1, 0.15) is 11.5 Å². The Labute approximate surface area is 232 Å². The lowest BCUT2D eigenvalue weighted by Gasteiger charge is -2.09. The minimum Gasteiger partial charge on any atom is -0.494 e. The third-order valence-corrected chi connectivity index (χ3v) is 7.23. The Balaban J connectivity index is 1.13. The molecule has 0 amide bonds. The zero-order valence-electron chi connectivity index (χ0n) is 23.6. The van der Waals surface area contributed by atoms with Crippen molar-refractivity contribution in [1.82, 2.24) is 0 Å². The molecule has 0 radical (unpaired) electrons. The molecule has 0 aliphatic rings. The molecule has 0 spiro atoms. The molecule has 204 valence electrons. The summed E-state index contributed by atoms with van der Waals surface area (Å²) in [6.45, 7) is 7.60. The molecule has 2 heteroatoms. The SMILES string of the molecule is C=Cc1ccc(CCCCCCCOc2ccc(OCCCCCCCc3ccc(CC)cc3)cc2)cc1. The van der Waals surface area contributed by atoms with Crippen LogP contribution < -0.4 is 9.47 Å². The summed E-state index contributed by atoms with van der Waals surface area (Å²) in [7, 11) is 0. The van der Waals surface area contributed by atoms with Crippen molar-refractivity contribution in [2.75, 3.05) is 13.2 Å². The Morgan fingerprint density at radius 3 is 1.34 bits per heavy atom. The fourth-order valence-electron chi connectivity index (χ4n) is 4.70. The summed E-state index contributed by atoms with van der Waals surface area (Å²) >= 11 is 0. The average molecular weight is 513 g/mol. The predicted octanol–water partition coefficient (Wildman–Crippen LogP) is 10.0. The number of aryl methyl sites for hydroxylation is 3. The van der Waals surface area contributed by atoms with Crippen molar-refractivity contribution in [3.8, 4) is 11.5 Å². The summed E-state index contributed by atoms with van der Waals surface area (Å²) in [5, 5.41) is 0. The second-order valence-corrected chi connectivity index (χ2v) is 10.3. The first-order valence-corrected chi connectivity index (χ1v) is 14.9. The van der Waals surface area contributed by atoms with Gasteiger partial charge < -0.3 is 9.47 Å². The van der Waals surface area contributed by atoms with Crippen molar-refractivity contribution in [3.63, 3.8) is 0 Å². The van der Waals surface area contributed by atoms with E-state index in [1.165, 1.54) is 80.0 Å². The first kappa shape index (κ1) is 29.6. The number of ether oxygens (including phenoxy) is 2. The number of hydrogen-bond acceptors (Lipinski definition) is 2. The van der Waals surface area contributed by atoms with Crippen LogP contribution in [0.4, 0.5) is 0 Å². The number of rotatable bonds is 20. The third kappa shape index (κ3) is 12.0. The summed E-state index contributed by atoms with van der Waals surface area (Å²) in [6, 6.07) is 26.0. The van der Waals surface area contributed by atoms with E-state index >= 15 is 0 Å². The Morgan fingerprint density at radius 2 is 0.895 bits per heavy atom. The van der Waals surface area contributed by atoms with Gasteiger partial charge in [0.2, 0.25) is 0 Å². The molecule has 3 rings (SSSR count). The second kappa shape index (κ2) is 18.3. The number of hydrogen-bond donors (Lipinski definition) is 0. The van der Waals surface area contributed by atoms with Gasteiger partial charge in [0, 0.05) is 0 Å². The van der Waals surface area contributed by atoms with Crippen LogP contribution in [0.1, 0.15) is 93.4 Å². The Bertz CT molecular complexity index is 1000. The molecular formula is C36H48O2. The molecular weight excluding hydrogens is 464 g/mol. The lowest BCUT2D eigenvalue weighted by Crippen LogP contribution is -1.99. The Morgan fingerprint density at radius 1 is 0.500 bits per heavy atom. The van der Waals surface area contributed by atoms with Gasteiger partial charge in [-0.15, -0.1) is 0 Å². The highest BCUT2D eigenvalue weighted by Gasteiger charge is 2.00. The molecule has 0 saturated heterocycles. The Kier molecular flexibility index (Phi) is 14.2. The summed E-state index contributed by atoms with van der Waals surface area (Å²) in [5.41, 5.74) is 5.51. The third-order valence-electron chi connectivity index (χ3n) is 7.23. The zero-order valence-corrected chi connectivity index (χ0v) is 23.6. The topological polar surface area (TPSA) is 18.5 Å². The van der Waals surface area contributed by atoms with Gasteiger partial charge in [-0.3, -0.25) is 0 Å². The lowest BCUT2D eigenvalue weighted by molar-refractivity contribution is 0.296. The largest absolute Gasteiger partial charge is 0.494 e. The van der Waals surface area contributed by atoms with Crippen molar-refractivity contribution < 1.29 is 9.47 Å². The highest BCUT2D eigenvalue weighted by atomic mass is 16.5. The number of unbranched alkanes of at least 4 members (excludes halogenated alkanes) is 8. The van der Waals surface area contributed by atoms with Crippen LogP contribution in [-0.4, -0.2) is 13.2 Å². The minimum absolute atomic E-state index is 0.785. The zero-order chi connectivity index (χ0) is 26.7. The van der Waals surface area contributed by atoms with Crippen LogP contribution in [0, 0.1) is 0 Å². The lowest BCUT2D eigenvalue weighted by atomic mass is 10.0. The maximum absolute atomic E-state index is 5.92. The highest BCUT2D eigenvalue weighted by molar-refractivity contribution is 5.47. The van der Waals surface area contributed by atoms with Gasteiger partial charge in [0.05, 0.1) is 13.2 Å². The van der Waals surface area contributed by atoms with E-state index in [-0.39, 0.29) is 0 Å². The molecule has 3 aromatic carbocycles. The molecule has 0 fully saturated rings. The molecule has 0 bridgehead atoms.